The van der Waals surface area contributed by atoms with Crippen LogP contribution in [0.2, 0.25) is 0 Å². The summed E-state index contributed by atoms with van der Waals surface area (Å²) in [5.74, 6) is 1.54. The molecular weight excluding hydrogens is 294 g/mol. The van der Waals surface area contributed by atoms with E-state index in [1.54, 1.807) is 6.33 Å². The average molecular weight is 311 g/mol. The van der Waals surface area contributed by atoms with Crippen LogP contribution in [0, 0.1) is 0 Å². The van der Waals surface area contributed by atoms with Gasteiger partial charge in [0.2, 0.25) is 0 Å². The molecule has 1 aromatic carbocycles. The molecule has 0 radical (unpaired) electrons. The maximum Gasteiger partial charge on any atom is 0.165 e. The Morgan fingerprint density at radius 3 is 3.17 bits per heavy atom. The molecule has 2 aromatic heterocycles. The summed E-state index contributed by atoms with van der Waals surface area (Å²) in [5.41, 5.74) is 3.47. The zero-order chi connectivity index (χ0) is 15.8. The normalized spacial score (nSPS) is 14.5. The lowest BCUT2D eigenvalue weighted by Gasteiger charge is -2.13. The Balaban J connectivity index is 1.51. The van der Waals surface area contributed by atoms with E-state index in [0.29, 0.717) is 24.5 Å². The molecule has 7 heteroatoms. The van der Waals surface area contributed by atoms with Gasteiger partial charge in [0.25, 0.3) is 0 Å². The molecule has 7 nitrogen and oxygen atoms in total. The molecule has 3 heterocycles. The molecular formula is C16H17N5O2. The number of aliphatic hydroxyl groups is 1. The lowest BCUT2D eigenvalue weighted by molar-refractivity contribution is 0.191. The number of hydrogen-bond donors (Lipinski definition) is 2. The molecule has 1 aliphatic heterocycles. The fraction of sp³-hybridized carbons (Fsp3) is 0.312. The van der Waals surface area contributed by atoms with Gasteiger partial charge in [-0.05, 0) is 23.3 Å². The van der Waals surface area contributed by atoms with Gasteiger partial charge in [-0.15, -0.1) is 0 Å². The molecule has 0 saturated heterocycles. The Labute approximate surface area is 133 Å². The van der Waals surface area contributed by atoms with Gasteiger partial charge < -0.3 is 19.7 Å². The second kappa shape index (κ2) is 5.51. The first-order chi connectivity index (χ1) is 11.2. The molecule has 23 heavy (non-hydrogen) atoms. The predicted octanol–water partition coefficient (Wildman–Crippen LogP) is 1.44. The van der Waals surface area contributed by atoms with Crippen LogP contribution in [-0.4, -0.2) is 37.8 Å². The number of nitrogens with zero attached hydrogens (tertiary/aromatic N) is 4. The minimum absolute atomic E-state index is 0.350. The van der Waals surface area contributed by atoms with E-state index >= 15 is 0 Å². The molecule has 0 bridgehead atoms. The van der Waals surface area contributed by atoms with Crippen molar-refractivity contribution in [3.05, 3.63) is 42.0 Å². The molecule has 0 saturated carbocycles. The lowest BCUT2D eigenvalue weighted by Crippen LogP contribution is -2.13. The molecule has 3 aromatic rings. The highest BCUT2D eigenvalue weighted by Crippen LogP contribution is 2.28. The Kier molecular flexibility index (Phi) is 3.34. The van der Waals surface area contributed by atoms with Crippen LogP contribution in [0.4, 0.5) is 5.82 Å². The second-order valence-corrected chi connectivity index (χ2v) is 5.61. The third kappa shape index (κ3) is 2.49. The van der Waals surface area contributed by atoms with Gasteiger partial charge in [-0.2, -0.15) is 0 Å². The Bertz CT molecular complexity index is 861. The summed E-state index contributed by atoms with van der Waals surface area (Å²) in [6.07, 6.45) is 3.45. The lowest BCUT2D eigenvalue weighted by atomic mass is 10.0. The van der Waals surface area contributed by atoms with Gasteiger partial charge in [-0.1, -0.05) is 6.07 Å². The van der Waals surface area contributed by atoms with Crippen molar-refractivity contribution in [2.24, 2.45) is 7.05 Å². The molecule has 118 valence electrons. The zero-order valence-electron chi connectivity index (χ0n) is 12.7. The van der Waals surface area contributed by atoms with Crippen molar-refractivity contribution in [1.82, 2.24) is 19.5 Å². The van der Waals surface area contributed by atoms with E-state index in [0.717, 1.165) is 28.9 Å². The van der Waals surface area contributed by atoms with Gasteiger partial charge >= 0.3 is 0 Å². The fourth-order valence-corrected chi connectivity index (χ4v) is 2.80. The first-order valence-electron chi connectivity index (χ1n) is 7.52. The highest BCUT2D eigenvalue weighted by molar-refractivity contribution is 5.82. The van der Waals surface area contributed by atoms with E-state index < -0.39 is 6.10 Å². The van der Waals surface area contributed by atoms with Crippen molar-refractivity contribution in [1.29, 1.82) is 0 Å². The van der Waals surface area contributed by atoms with E-state index in [1.165, 1.54) is 6.33 Å². The van der Waals surface area contributed by atoms with E-state index in [4.69, 9.17) is 4.74 Å². The average Bonchev–Trinajstić information content (AvgIpc) is 3.19. The van der Waals surface area contributed by atoms with Crippen molar-refractivity contribution in [3.8, 4) is 5.75 Å². The van der Waals surface area contributed by atoms with Gasteiger partial charge in [0.05, 0.1) is 19.0 Å². The SMILES string of the molecule is Cn1cnc2c(NCC(O)c3ccc4c(c3)CCO4)ncnc21. The summed E-state index contributed by atoms with van der Waals surface area (Å²) in [5, 5.41) is 13.6. The number of aliphatic hydroxyl groups excluding tert-OH is 1. The van der Waals surface area contributed by atoms with E-state index in [-0.39, 0.29) is 0 Å². The largest absolute Gasteiger partial charge is 0.493 e. The van der Waals surface area contributed by atoms with E-state index in [2.05, 4.69) is 20.3 Å². The maximum atomic E-state index is 10.4. The summed E-state index contributed by atoms with van der Waals surface area (Å²) < 4.78 is 7.32. The Hall–Kier alpha value is -2.67. The number of rotatable bonds is 4. The van der Waals surface area contributed by atoms with Crippen molar-refractivity contribution in [2.45, 2.75) is 12.5 Å². The van der Waals surface area contributed by atoms with Crippen LogP contribution in [0.25, 0.3) is 11.2 Å². The number of ether oxygens (including phenoxy) is 1. The van der Waals surface area contributed by atoms with Crippen molar-refractivity contribution >= 4 is 17.0 Å². The highest BCUT2D eigenvalue weighted by atomic mass is 16.5. The quantitative estimate of drug-likeness (QED) is 0.758. The minimum Gasteiger partial charge on any atom is -0.493 e. The van der Waals surface area contributed by atoms with Crippen LogP contribution < -0.4 is 10.1 Å². The third-order valence-electron chi connectivity index (χ3n) is 4.06. The maximum absolute atomic E-state index is 10.4. The van der Waals surface area contributed by atoms with Crippen LogP contribution in [-0.2, 0) is 13.5 Å². The number of nitrogens with one attached hydrogen (secondary N) is 1. The summed E-state index contributed by atoms with van der Waals surface area (Å²) in [6, 6.07) is 5.82. The topological polar surface area (TPSA) is 85.1 Å². The number of benzene rings is 1. The number of imidazole rings is 1. The van der Waals surface area contributed by atoms with E-state index in [9.17, 15) is 5.11 Å². The summed E-state index contributed by atoms with van der Waals surface area (Å²) >= 11 is 0. The number of hydrogen-bond acceptors (Lipinski definition) is 6. The molecule has 0 aliphatic carbocycles. The highest BCUT2D eigenvalue weighted by Gasteiger charge is 2.16. The summed E-state index contributed by atoms with van der Waals surface area (Å²) in [4.78, 5) is 12.7. The van der Waals surface area contributed by atoms with Crippen LogP contribution in [0.5, 0.6) is 5.75 Å². The van der Waals surface area contributed by atoms with Gasteiger partial charge in [-0.25, -0.2) is 15.0 Å². The monoisotopic (exact) mass is 311 g/mol. The molecule has 2 N–H and O–H groups in total. The number of anilines is 1. The molecule has 0 fully saturated rings. The molecule has 1 aliphatic rings. The Morgan fingerprint density at radius 1 is 1.35 bits per heavy atom. The fourth-order valence-electron chi connectivity index (χ4n) is 2.80. The first kappa shape index (κ1) is 14.0. The standard InChI is InChI=1S/C16H17N5O2/c1-21-9-20-14-15(18-8-19-16(14)21)17-7-12(22)10-2-3-13-11(6-10)4-5-23-13/h2-3,6,8-9,12,22H,4-5,7H2,1H3,(H,17,18,19). The smallest absolute Gasteiger partial charge is 0.165 e. The summed E-state index contributed by atoms with van der Waals surface area (Å²) in [6.45, 7) is 1.06. The van der Waals surface area contributed by atoms with Gasteiger partial charge in [-0.3, -0.25) is 0 Å². The zero-order valence-corrected chi connectivity index (χ0v) is 12.7. The molecule has 4 rings (SSSR count). The molecule has 0 amide bonds. The van der Waals surface area contributed by atoms with Crippen LogP contribution in [0.1, 0.15) is 17.2 Å². The Morgan fingerprint density at radius 2 is 2.26 bits per heavy atom. The van der Waals surface area contributed by atoms with Crippen molar-refractivity contribution < 1.29 is 9.84 Å². The van der Waals surface area contributed by atoms with Crippen molar-refractivity contribution in [3.63, 3.8) is 0 Å². The van der Waals surface area contributed by atoms with Crippen LogP contribution >= 0.6 is 0 Å². The molecule has 1 atom stereocenters. The minimum atomic E-state index is -0.630. The van der Waals surface area contributed by atoms with Gasteiger partial charge in [0, 0.05) is 20.0 Å². The number of aryl methyl sites for hydroxylation is 1. The third-order valence-corrected chi connectivity index (χ3v) is 4.06. The van der Waals surface area contributed by atoms with Gasteiger partial charge in [0.15, 0.2) is 11.5 Å². The molecule has 1 unspecified atom stereocenters. The van der Waals surface area contributed by atoms with Crippen LogP contribution in [0.15, 0.2) is 30.9 Å². The predicted molar refractivity (Wildman–Crippen MR) is 85.4 cm³/mol. The summed E-state index contributed by atoms with van der Waals surface area (Å²) in [7, 11) is 1.88. The molecule has 0 spiro atoms. The number of aromatic nitrogens is 4. The van der Waals surface area contributed by atoms with Crippen LogP contribution in [0.3, 0.4) is 0 Å². The number of fused-ring (bicyclic) bond motifs is 2. The van der Waals surface area contributed by atoms with Crippen molar-refractivity contribution in [2.75, 3.05) is 18.5 Å². The first-order valence-corrected chi connectivity index (χ1v) is 7.52. The van der Waals surface area contributed by atoms with E-state index in [1.807, 2.05) is 29.8 Å². The van der Waals surface area contributed by atoms with Gasteiger partial charge in [0.1, 0.15) is 17.6 Å². The second-order valence-electron chi connectivity index (χ2n) is 5.61.